The molecule has 1 N–H and O–H groups in total. The summed E-state index contributed by atoms with van der Waals surface area (Å²) >= 11 is 0. The van der Waals surface area contributed by atoms with Gasteiger partial charge in [0.15, 0.2) is 0 Å². The van der Waals surface area contributed by atoms with E-state index in [0.717, 1.165) is 18.6 Å². The van der Waals surface area contributed by atoms with Crippen molar-refractivity contribution in [1.29, 1.82) is 0 Å². The molecule has 0 spiro atoms. The van der Waals surface area contributed by atoms with Crippen molar-refractivity contribution >= 4 is 0 Å². The summed E-state index contributed by atoms with van der Waals surface area (Å²) in [6, 6.07) is 6.97. The van der Waals surface area contributed by atoms with Crippen LogP contribution in [-0.4, -0.2) is 42.4 Å². The lowest BCUT2D eigenvalue weighted by Gasteiger charge is -2.35. The van der Waals surface area contributed by atoms with Crippen molar-refractivity contribution in [2.75, 3.05) is 26.3 Å². The van der Waals surface area contributed by atoms with Gasteiger partial charge in [-0.3, -0.25) is 0 Å². The number of benzene rings is 1. The molecule has 0 radical (unpaired) electrons. The Morgan fingerprint density at radius 1 is 1.24 bits per heavy atom. The molecule has 1 aromatic rings. The van der Waals surface area contributed by atoms with E-state index >= 15 is 0 Å². The molecular formula is C18H29NO2. The Labute approximate surface area is 128 Å². The first kappa shape index (κ1) is 16.3. The maximum absolute atomic E-state index is 8.98. The Kier molecular flexibility index (Phi) is 6.52. The molecule has 118 valence electrons. The van der Waals surface area contributed by atoms with Gasteiger partial charge in [-0.05, 0) is 62.4 Å². The predicted octanol–water partition coefficient (Wildman–Crippen LogP) is 3.04. The minimum Gasteiger partial charge on any atom is -0.491 e. The molecule has 0 bridgehead atoms. The monoisotopic (exact) mass is 291 g/mol. The second-order valence-corrected chi connectivity index (χ2v) is 5.90. The first-order valence-electron chi connectivity index (χ1n) is 8.38. The van der Waals surface area contributed by atoms with Gasteiger partial charge in [0.2, 0.25) is 0 Å². The summed E-state index contributed by atoms with van der Waals surface area (Å²) in [6.45, 7) is 7.35. The van der Waals surface area contributed by atoms with E-state index in [2.05, 4.69) is 30.9 Å². The third-order valence-corrected chi connectivity index (χ3v) is 4.30. The fourth-order valence-electron chi connectivity index (χ4n) is 3.39. The van der Waals surface area contributed by atoms with Crippen LogP contribution in [0.15, 0.2) is 18.2 Å². The summed E-state index contributed by atoms with van der Waals surface area (Å²) in [5.41, 5.74) is 2.79. The molecule has 0 fully saturated rings. The van der Waals surface area contributed by atoms with Crippen LogP contribution in [0.1, 0.15) is 44.2 Å². The molecule has 1 aliphatic rings. The first-order chi connectivity index (χ1) is 10.3. The van der Waals surface area contributed by atoms with E-state index < -0.39 is 0 Å². The van der Waals surface area contributed by atoms with Gasteiger partial charge in [-0.25, -0.2) is 0 Å². The minimum atomic E-state index is 0.0743. The second-order valence-electron chi connectivity index (χ2n) is 5.90. The highest BCUT2D eigenvalue weighted by molar-refractivity contribution is 5.42. The molecule has 0 amide bonds. The normalized spacial score (nSPS) is 17.8. The van der Waals surface area contributed by atoms with Crippen LogP contribution in [0.3, 0.4) is 0 Å². The quantitative estimate of drug-likeness (QED) is 0.799. The number of ether oxygens (including phenoxy) is 1. The summed E-state index contributed by atoms with van der Waals surface area (Å²) in [5, 5.41) is 8.98. The Balaban J connectivity index is 2.13. The average Bonchev–Trinajstić information content (AvgIpc) is 2.52. The standard InChI is InChI=1S/C18H29NO2/c1-3-10-19(11-4-2)16-9-8-15-6-5-7-18(17(15)14-16)21-13-12-20/h5-7,16,20H,3-4,8-14H2,1-2H3. The third kappa shape index (κ3) is 4.21. The fraction of sp³-hybridized carbons (Fsp3) is 0.667. The summed E-state index contributed by atoms with van der Waals surface area (Å²) in [7, 11) is 0. The van der Waals surface area contributed by atoms with Gasteiger partial charge in [0.25, 0.3) is 0 Å². The first-order valence-corrected chi connectivity index (χ1v) is 8.38. The van der Waals surface area contributed by atoms with Crippen molar-refractivity contribution in [2.45, 2.75) is 52.0 Å². The number of nitrogens with zero attached hydrogens (tertiary/aromatic N) is 1. The molecule has 0 saturated carbocycles. The zero-order valence-electron chi connectivity index (χ0n) is 13.5. The zero-order chi connectivity index (χ0) is 15.1. The van der Waals surface area contributed by atoms with Gasteiger partial charge < -0.3 is 14.7 Å². The van der Waals surface area contributed by atoms with Crippen LogP contribution in [0.25, 0.3) is 0 Å². The van der Waals surface area contributed by atoms with E-state index in [4.69, 9.17) is 9.84 Å². The second kappa shape index (κ2) is 8.40. The number of aryl methyl sites for hydroxylation is 1. The molecule has 3 heteroatoms. The van der Waals surface area contributed by atoms with Gasteiger partial charge in [0.05, 0.1) is 6.61 Å². The maximum atomic E-state index is 8.98. The molecule has 0 saturated heterocycles. The predicted molar refractivity (Wildman–Crippen MR) is 87.0 cm³/mol. The maximum Gasteiger partial charge on any atom is 0.122 e. The van der Waals surface area contributed by atoms with Crippen LogP contribution < -0.4 is 4.74 Å². The van der Waals surface area contributed by atoms with Crippen molar-refractivity contribution in [3.63, 3.8) is 0 Å². The summed E-state index contributed by atoms with van der Waals surface area (Å²) in [6.07, 6.45) is 5.89. The van der Waals surface area contributed by atoms with E-state index in [-0.39, 0.29) is 6.61 Å². The van der Waals surface area contributed by atoms with Crippen LogP contribution in [-0.2, 0) is 12.8 Å². The molecule has 1 aliphatic carbocycles. The van der Waals surface area contributed by atoms with Gasteiger partial charge in [-0.15, -0.1) is 0 Å². The van der Waals surface area contributed by atoms with E-state index in [9.17, 15) is 0 Å². The lowest BCUT2D eigenvalue weighted by molar-refractivity contribution is 0.174. The summed E-state index contributed by atoms with van der Waals surface area (Å²) in [4.78, 5) is 2.64. The van der Waals surface area contributed by atoms with E-state index in [1.807, 2.05) is 6.07 Å². The van der Waals surface area contributed by atoms with Crippen LogP contribution >= 0.6 is 0 Å². The number of aliphatic hydroxyl groups is 1. The molecule has 1 aromatic carbocycles. The molecule has 0 aromatic heterocycles. The molecule has 21 heavy (non-hydrogen) atoms. The highest BCUT2D eigenvalue weighted by Gasteiger charge is 2.25. The van der Waals surface area contributed by atoms with E-state index in [0.29, 0.717) is 12.6 Å². The smallest absolute Gasteiger partial charge is 0.122 e. The molecule has 1 unspecified atom stereocenters. The SMILES string of the molecule is CCCN(CCC)C1CCc2cccc(OCCO)c2C1. The highest BCUT2D eigenvalue weighted by Crippen LogP contribution is 2.31. The van der Waals surface area contributed by atoms with Gasteiger partial charge >= 0.3 is 0 Å². The van der Waals surface area contributed by atoms with Gasteiger partial charge in [0.1, 0.15) is 12.4 Å². The molecular weight excluding hydrogens is 262 g/mol. The Hall–Kier alpha value is -1.06. The van der Waals surface area contributed by atoms with E-state index in [1.54, 1.807) is 0 Å². The topological polar surface area (TPSA) is 32.7 Å². The molecule has 0 heterocycles. The van der Waals surface area contributed by atoms with Gasteiger partial charge in [-0.2, -0.15) is 0 Å². The van der Waals surface area contributed by atoms with Crippen LogP contribution in [0.2, 0.25) is 0 Å². The number of fused-ring (bicyclic) bond motifs is 1. The molecule has 0 aliphatic heterocycles. The number of aliphatic hydroxyl groups excluding tert-OH is 1. The lowest BCUT2D eigenvalue weighted by atomic mass is 9.86. The minimum absolute atomic E-state index is 0.0743. The van der Waals surface area contributed by atoms with Crippen molar-refractivity contribution in [2.24, 2.45) is 0 Å². The van der Waals surface area contributed by atoms with Gasteiger partial charge in [0, 0.05) is 6.04 Å². The molecule has 1 atom stereocenters. The van der Waals surface area contributed by atoms with Crippen LogP contribution in [0.4, 0.5) is 0 Å². The summed E-state index contributed by atoms with van der Waals surface area (Å²) in [5.74, 6) is 0.971. The highest BCUT2D eigenvalue weighted by atomic mass is 16.5. The van der Waals surface area contributed by atoms with Crippen molar-refractivity contribution in [1.82, 2.24) is 4.90 Å². The van der Waals surface area contributed by atoms with Crippen molar-refractivity contribution in [3.05, 3.63) is 29.3 Å². The van der Waals surface area contributed by atoms with Crippen molar-refractivity contribution in [3.8, 4) is 5.75 Å². The van der Waals surface area contributed by atoms with Crippen molar-refractivity contribution < 1.29 is 9.84 Å². The Morgan fingerprint density at radius 3 is 2.67 bits per heavy atom. The number of hydrogen-bond acceptors (Lipinski definition) is 3. The van der Waals surface area contributed by atoms with Gasteiger partial charge in [-0.1, -0.05) is 26.0 Å². The van der Waals surface area contributed by atoms with Crippen LogP contribution in [0, 0.1) is 0 Å². The van der Waals surface area contributed by atoms with Crippen LogP contribution in [0.5, 0.6) is 5.75 Å². The number of rotatable bonds is 8. The number of hydrogen-bond donors (Lipinski definition) is 1. The molecule has 2 rings (SSSR count). The fourth-order valence-corrected chi connectivity index (χ4v) is 3.39. The Bertz CT molecular complexity index is 427. The Morgan fingerprint density at radius 2 is 2.00 bits per heavy atom. The summed E-state index contributed by atoms with van der Waals surface area (Å²) < 4.78 is 5.73. The lowest BCUT2D eigenvalue weighted by Crippen LogP contribution is -2.40. The van der Waals surface area contributed by atoms with E-state index in [1.165, 1.54) is 43.5 Å². The molecule has 3 nitrogen and oxygen atoms in total. The average molecular weight is 291 g/mol. The largest absolute Gasteiger partial charge is 0.491 e. The zero-order valence-corrected chi connectivity index (χ0v) is 13.5. The third-order valence-electron chi connectivity index (χ3n) is 4.30.